The lowest BCUT2D eigenvalue weighted by molar-refractivity contribution is 0.482. The fourth-order valence-electron chi connectivity index (χ4n) is 1.18. The summed E-state index contributed by atoms with van der Waals surface area (Å²) in [4.78, 5) is 0.334. The molecule has 64 valence electrons. The third-order valence-corrected chi connectivity index (χ3v) is 2.85. The zero-order chi connectivity index (χ0) is 9.42. The predicted molar refractivity (Wildman–Crippen MR) is 52.6 cm³/mol. The lowest BCUT2D eigenvalue weighted by atomic mass is 10.2. The lowest BCUT2D eigenvalue weighted by Gasteiger charge is -1.92. The van der Waals surface area contributed by atoms with Gasteiger partial charge in [0.25, 0.3) is 0 Å². The molecule has 0 spiro atoms. The van der Waals surface area contributed by atoms with Crippen LogP contribution in [0.15, 0.2) is 18.2 Å². The largest absolute Gasteiger partial charge is 0.505 e. The molecule has 3 nitrogen and oxygen atoms in total. The topological polar surface area (TPSA) is 70.0 Å². The summed E-state index contributed by atoms with van der Waals surface area (Å²) >= 11 is 1.27. The number of nitrogen functional groups attached to an aromatic ring is 1. The molecule has 3 N–H and O–H groups in total. The highest BCUT2D eigenvalue weighted by molar-refractivity contribution is 7.20. The third kappa shape index (κ3) is 1.10. The summed E-state index contributed by atoms with van der Waals surface area (Å²) in [5.74, 6) is 0.0369. The zero-order valence-corrected chi connectivity index (χ0v) is 7.43. The van der Waals surface area contributed by atoms with Crippen LogP contribution in [-0.2, 0) is 0 Å². The van der Waals surface area contributed by atoms with E-state index in [1.807, 2.05) is 6.07 Å². The molecule has 1 aromatic carbocycles. The maximum absolute atomic E-state index is 9.55. The van der Waals surface area contributed by atoms with Gasteiger partial charge in [0, 0.05) is 15.8 Å². The van der Waals surface area contributed by atoms with Crippen LogP contribution in [0.2, 0.25) is 0 Å². The number of hydrogen-bond acceptors (Lipinski definition) is 4. The number of nitriles is 1. The highest BCUT2D eigenvalue weighted by Gasteiger charge is 2.09. The Morgan fingerprint density at radius 2 is 2.23 bits per heavy atom. The Kier molecular flexibility index (Phi) is 1.61. The molecular formula is C9H6N2OS. The molecule has 2 rings (SSSR count). The van der Waals surface area contributed by atoms with E-state index in [2.05, 4.69) is 0 Å². The van der Waals surface area contributed by atoms with Crippen molar-refractivity contribution in [3.8, 4) is 11.8 Å². The molecule has 0 atom stereocenters. The molecule has 0 aliphatic carbocycles. The van der Waals surface area contributed by atoms with Gasteiger partial charge in [0.05, 0.1) is 0 Å². The van der Waals surface area contributed by atoms with Gasteiger partial charge >= 0.3 is 0 Å². The van der Waals surface area contributed by atoms with Crippen molar-refractivity contribution in [3.05, 3.63) is 23.1 Å². The maximum Gasteiger partial charge on any atom is 0.152 e. The van der Waals surface area contributed by atoms with Gasteiger partial charge in [0.15, 0.2) is 5.75 Å². The molecule has 0 amide bonds. The van der Waals surface area contributed by atoms with Gasteiger partial charge in [-0.1, -0.05) is 0 Å². The number of fused-ring (bicyclic) bond motifs is 1. The Bertz CT molecular complexity index is 510. The SMILES string of the molecule is N#Cc1sc2ccc(N)cc2c1O. The fourth-order valence-corrected chi connectivity index (χ4v) is 2.05. The Morgan fingerprint density at radius 1 is 1.46 bits per heavy atom. The number of thiophene rings is 1. The summed E-state index contributed by atoms with van der Waals surface area (Å²) in [6.45, 7) is 0. The Morgan fingerprint density at radius 3 is 2.92 bits per heavy atom. The minimum atomic E-state index is 0.0369. The van der Waals surface area contributed by atoms with E-state index in [0.29, 0.717) is 16.0 Å². The van der Waals surface area contributed by atoms with Crippen molar-refractivity contribution in [3.63, 3.8) is 0 Å². The number of rotatable bonds is 0. The van der Waals surface area contributed by atoms with E-state index in [-0.39, 0.29) is 5.75 Å². The van der Waals surface area contributed by atoms with Gasteiger partial charge in [-0.15, -0.1) is 11.3 Å². The van der Waals surface area contributed by atoms with Crippen LogP contribution in [0.25, 0.3) is 10.1 Å². The molecule has 0 saturated carbocycles. The van der Waals surface area contributed by atoms with Crippen LogP contribution in [0.3, 0.4) is 0 Å². The molecule has 0 unspecified atom stereocenters. The molecular weight excluding hydrogens is 184 g/mol. The minimum absolute atomic E-state index is 0.0369. The van der Waals surface area contributed by atoms with Crippen molar-refractivity contribution in [1.82, 2.24) is 0 Å². The van der Waals surface area contributed by atoms with E-state index in [1.165, 1.54) is 11.3 Å². The summed E-state index contributed by atoms with van der Waals surface area (Å²) in [7, 11) is 0. The summed E-state index contributed by atoms with van der Waals surface area (Å²) in [6, 6.07) is 7.15. The first-order valence-electron chi connectivity index (χ1n) is 3.63. The Labute approximate surface area is 78.6 Å². The van der Waals surface area contributed by atoms with Gasteiger partial charge in [-0.25, -0.2) is 0 Å². The van der Waals surface area contributed by atoms with Crippen molar-refractivity contribution in [2.45, 2.75) is 0 Å². The number of benzene rings is 1. The lowest BCUT2D eigenvalue weighted by Crippen LogP contribution is -1.81. The fraction of sp³-hybridized carbons (Fsp3) is 0. The van der Waals surface area contributed by atoms with E-state index < -0.39 is 0 Å². The van der Waals surface area contributed by atoms with Crippen molar-refractivity contribution in [2.24, 2.45) is 0 Å². The third-order valence-electron chi connectivity index (χ3n) is 1.79. The van der Waals surface area contributed by atoms with Gasteiger partial charge in [0.2, 0.25) is 0 Å². The van der Waals surface area contributed by atoms with Gasteiger partial charge < -0.3 is 10.8 Å². The van der Waals surface area contributed by atoms with Crippen LogP contribution < -0.4 is 5.73 Å². The average Bonchev–Trinajstić information content (AvgIpc) is 2.44. The van der Waals surface area contributed by atoms with Crippen molar-refractivity contribution in [2.75, 3.05) is 5.73 Å². The van der Waals surface area contributed by atoms with Crippen LogP contribution in [0.1, 0.15) is 4.88 Å². The van der Waals surface area contributed by atoms with E-state index in [1.54, 1.807) is 18.2 Å². The molecule has 0 bridgehead atoms. The van der Waals surface area contributed by atoms with Crippen LogP contribution in [0.5, 0.6) is 5.75 Å². The molecule has 0 aliphatic heterocycles. The normalized spacial score (nSPS) is 10.1. The smallest absolute Gasteiger partial charge is 0.152 e. The first kappa shape index (κ1) is 7.90. The van der Waals surface area contributed by atoms with Gasteiger partial charge in [0.1, 0.15) is 10.9 Å². The van der Waals surface area contributed by atoms with E-state index in [4.69, 9.17) is 11.0 Å². The standard InChI is InChI=1S/C9H6N2OS/c10-4-8-9(12)6-3-5(11)1-2-7(6)13-8/h1-3,12H,11H2. The predicted octanol–water partition coefficient (Wildman–Crippen LogP) is 2.06. The van der Waals surface area contributed by atoms with E-state index in [0.717, 1.165) is 4.70 Å². The maximum atomic E-state index is 9.55. The second kappa shape index (κ2) is 2.64. The monoisotopic (exact) mass is 190 g/mol. The van der Waals surface area contributed by atoms with Crippen LogP contribution in [0.4, 0.5) is 5.69 Å². The average molecular weight is 190 g/mol. The first-order valence-corrected chi connectivity index (χ1v) is 4.45. The molecule has 0 aliphatic rings. The van der Waals surface area contributed by atoms with Crippen molar-refractivity contribution in [1.29, 1.82) is 5.26 Å². The molecule has 1 heterocycles. The number of aromatic hydroxyl groups is 1. The zero-order valence-electron chi connectivity index (χ0n) is 6.61. The molecule has 0 radical (unpaired) electrons. The summed E-state index contributed by atoms with van der Waals surface area (Å²) < 4.78 is 0.878. The van der Waals surface area contributed by atoms with Crippen LogP contribution >= 0.6 is 11.3 Å². The number of hydrogen-bond donors (Lipinski definition) is 2. The minimum Gasteiger partial charge on any atom is -0.505 e. The molecule has 0 fully saturated rings. The quantitative estimate of drug-likeness (QED) is 0.624. The van der Waals surface area contributed by atoms with Gasteiger partial charge in [-0.3, -0.25) is 0 Å². The summed E-state index contributed by atoms with van der Waals surface area (Å²) in [6.07, 6.45) is 0. The van der Waals surface area contributed by atoms with Crippen LogP contribution in [-0.4, -0.2) is 5.11 Å². The highest BCUT2D eigenvalue weighted by Crippen LogP contribution is 2.36. The molecule has 2 aromatic rings. The van der Waals surface area contributed by atoms with Gasteiger partial charge in [-0.05, 0) is 18.2 Å². The number of nitrogens with two attached hydrogens (primary N) is 1. The Hall–Kier alpha value is -1.73. The molecule has 4 heteroatoms. The van der Waals surface area contributed by atoms with E-state index >= 15 is 0 Å². The van der Waals surface area contributed by atoms with Crippen molar-refractivity contribution >= 4 is 27.1 Å². The first-order chi connectivity index (χ1) is 6.22. The van der Waals surface area contributed by atoms with Crippen molar-refractivity contribution < 1.29 is 5.11 Å². The number of anilines is 1. The molecule has 0 saturated heterocycles. The second-order valence-corrected chi connectivity index (χ2v) is 3.70. The summed E-state index contributed by atoms with van der Waals surface area (Å²) in [5.41, 5.74) is 6.14. The highest BCUT2D eigenvalue weighted by atomic mass is 32.1. The molecule has 1 aromatic heterocycles. The van der Waals surface area contributed by atoms with E-state index in [9.17, 15) is 5.11 Å². The Balaban J connectivity index is 2.87. The second-order valence-electron chi connectivity index (χ2n) is 2.65. The van der Waals surface area contributed by atoms with Crippen LogP contribution in [0, 0.1) is 11.3 Å². The molecule has 13 heavy (non-hydrogen) atoms. The summed E-state index contributed by atoms with van der Waals surface area (Å²) in [5, 5.41) is 18.9. The number of nitrogens with zero attached hydrogens (tertiary/aromatic N) is 1. The van der Waals surface area contributed by atoms with Gasteiger partial charge in [-0.2, -0.15) is 5.26 Å².